The van der Waals surface area contributed by atoms with Crippen molar-refractivity contribution in [3.8, 4) is 0 Å². The first-order valence-corrected chi connectivity index (χ1v) is 7.07. The van der Waals surface area contributed by atoms with E-state index in [4.69, 9.17) is 4.74 Å². The van der Waals surface area contributed by atoms with Crippen LogP contribution in [0.15, 0.2) is 0 Å². The summed E-state index contributed by atoms with van der Waals surface area (Å²) in [6.45, 7) is 7.88. The molecular formula is C14H27NO. The molecule has 1 saturated carbocycles. The molecule has 1 atom stereocenters. The van der Waals surface area contributed by atoms with Crippen LogP contribution >= 0.6 is 0 Å². The Morgan fingerprint density at radius 1 is 1.31 bits per heavy atom. The highest BCUT2D eigenvalue weighted by atomic mass is 16.5. The van der Waals surface area contributed by atoms with Crippen LogP contribution in [0, 0.1) is 11.3 Å². The Kier molecular flexibility index (Phi) is 4.26. The van der Waals surface area contributed by atoms with E-state index in [0.29, 0.717) is 11.5 Å². The Morgan fingerprint density at radius 2 is 2.00 bits per heavy atom. The lowest BCUT2D eigenvalue weighted by Gasteiger charge is -2.43. The van der Waals surface area contributed by atoms with Gasteiger partial charge in [0.1, 0.15) is 0 Å². The molecular weight excluding hydrogens is 198 g/mol. The molecule has 0 spiro atoms. The molecule has 0 bridgehead atoms. The van der Waals surface area contributed by atoms with E-state index < -0.39 is 0 Å². The second-order valence-electron chi connectivity index (χ2n) is 5.83. The number of nitrogens with one attached hydrogen (secondary N) is 1. The predicted octanol–water partition coefficient (Wildman–Crippen LogP) is 2.97. The van der Waals surface area contributed by atoms with Gasteiger partial charge in [-0.3, -0.25) is 0 Å². The topological polar surface area (TPSA) is 21.3 Å². The first-order chi connectivity index (χ1) is 7.76. The molecule has 0 aromatic heterocycles. The Labute approximate surface area is 100 Å². The third-order valence-electron chi connectivity index (χ3n) is 4.94. The Hall–Kier alpha value is -0.0800. The smallest absolute Gasteiger partial charge is 0.0469 e. The zero-order valence-electron chi connectivity index (χ0n) is 10.9. The van der Waals surface area contributed by atoms with E-state index in [-0.39, 0.29) is 0 Å². The van der Waals surface area contributed by atoms with Crippen LogP contribution in [-0.2, 0) is 4.74 Å². The number of hydrogen-bond acceptors (Lipinski definition) is 2. The summed E-state index contributed by atoms with van der Waals surface area (Å²) in [4.78, 5) is 0. The quantitative estimate of drug-likeness (QED) is 0.776. The van der Waals surface area contributed by atoms with Crippen molar-refractivity contribution in [3.05, 3.63) is 0 Å². The van der Waals surface area contributed by atoms with Crippen LogP contribution < -0.4 is 5.32 Å². The maximum Gasteiger partial charge on any atom is 0.0469 e. The predicted molar refractivity (Wildman–Crippen MR) is 67.6 cm³/mol. The molecule has 2 fully saturated rings. The Morgan fingerprint density at radius 3 is 2.50 bits per heavy atom. The minimum Gasteiger partial charge on any atom is -0.381 e. The summed E-state index contributed by atoms with van der Waals surface area (Å²) in [7, 11) is 0. The van der Waals surface area contributed by atoms with Crippen LogP contribution in [0.4, 0.5) is 0 Å². The molecule has 2 rings (SSSR count). The van der Waals surface area contributed by atoms with Crippen LogP contribution in [-0.4, -0.2) is 25.8 Å². The van der Waals surface area contributed by atoms with E-state index in [1.54, 1.807) is 0 Å². The summed E-state index contributed by atoms with van der Waals surface area (Å²) in [6.07, 6.45) is 8.16. The highest BCUT2D eigenvalue weighted by Gasteiger charge is 2.35. The first-order valence-electron chi connectivity index (χ1n) is 7.07. The zero-order chi connectivity index (χ0) is 11.4. The molecule has 1 aliphatic carbocycles. The molecule has 0 radical (unpaired) electrons. The fourth-order valence-electron chi connectivity index (χ4n) is 3.09. The van der Waals surface area contributed by atoms with Gasteiger partial charge in [-0.15, -0.1) is 0 Å². The fraction of sp³-hybridized carbons (Fsp3) is 1.00. The molecule has 94 valence electrons. The lowest BCUT2D eigenvalue weighted by molar-refractivity contribution is 0.0499. The van der Waals surface area contributed by atoms with E-state index in [9.17, 15) is 0 Å². The SMILES string of the molecule is CCC1(CNC(C)C2CCOCC2)CCC1. The summed E-state index contributed by atoms with van der Waals surface area (Å²) in [5, 5.41) is 3.79. The van der Waals surface area contributed by atoms with Gasteiger partial charge in [-0.05, 0) is 50.4 Å². The average Bonchev–Trinajstić information content (AvgIpc) is 2.29. The van der Waals surface area contributed by atoms with Crippen LogP contribution in [0.3, 0.4) is 0 Å². The largest absolute Gasteiger partial charge is 0.381 e. The van der Waals surface area contributed by atoms with Crippen LogP contribution in [0.25, 0.3) is 0 Å². The van der Waals surface area contributed by atoms with Crippen molar-refractivity contribution in [2.45, 2.75) is 58.4 Å². The summed E-state index contributed by atoms with van der Waals surface area (Å²) in [6, 6.07) is 0.674. The van der Waals surface area contributed by atoms with Gasteiger partial charge in [0.05, 0.1) is 0 Å². The molecule has 0 aromatic carbocycles. The van der Waals surface area contributed by atoms with Gasteiger partial charge in [0, 0.05) is 25.8 Å². The molecule has 0 amide bonds. The Bertz CT molecular complexity index is 201. The summed E-state index contributed by atoms with van der Waals surface area (Å²) >= 11 is 0. The van der Waals surface area contributed by atoms with Crippen LogP contribution in [0.1, 0.15) is 52.4 Å². The highest BCUT2D eigenvalue weighted by molar-refractivity contribution is 4.89. The monoisotopic (exact) mass is 225 g/mol. The van der Waals surface area contributed by atoms with E-state index in [1.165, 1.54) is 45.1 Å². The van der Waals surface area contributed by atoms with Gasteiger partial charge in [-0.2, -0.15) is 0 Å². The van der Waals surface area contributed by atoms with Crippen molar-refractivity contribution in [1.29, 1.82) is 0 Å². The molecule has 0 aromatic rings. The third kappa shape index (κ3) is 2.78. The van der Waals surface area contributed by atoms with Gasteiger partial charge in [-0.25, -0.2) is 0 Å². The van der Waals surface area contributed by atoms with Gasteiger partial charge in [-0.1, -0.05) is 13.3 Å². The summed E-state index contributed by atoms with van der Waals surface area (Å²) < 4.78 is 5.42. The van der Waals surface area contributed by atoms with Gasteiger partial charge >= 0.3 is 0 Å². The standard InChI is InChI=1S/C14H27NO/c1-3-14(7-4-8-14)11-15-12(2)13-5-9-16-10-6-13/h12-13,15H,3-11H2,1-2H3. The number of ether oxygens (including phenoxy) is 1. The van der Waals surface area contributed by atoms with Crippen LogP contribution in [0.2, 0.25) is 0 Å². The van der Waals surface area contributed by atoms with Gasteiger partial charge < -0.3 is 10.1 Å². The fourth-order valence-corrected chi connectivity index (χ4v) is 3.09. The molecule has 1 heterocycles. The molecule has 1 aliphatic heterocycles. The molecule has 1 unspecified atom stereocenters. The van der Waals surface area contributed by atoms with Crippen LogP contribution in [0.5, 0.6) is 0 Å². The second kappa shape index (κ2) is 5.50. The van der Waals surface area contributed by atoms with Gasteiger partial charge in [0.25, 0.3) is 0 Å². The average molecular weight is 225 g/mol. The van der Waals surface area contributed by atoms with Crippen molar-refractivity contribution in [2.24, 2.45) is 11.3 Å². The van der Waals surface area contributed by atoms with E-state index >= 15 is 0 Å². The Balaban J connectivity index is 1.71. The minimum atomic E-state index is 0.652. The number of rotatable bonds is 5. The van der Waals surface area contributed by atoms with Crippen molar-refractivity contribution in [1.82, 2.24) is 5.32 Å². The van der Waals surface area contributed by atoms with E-state index in [0.717, 1.165) is 19.1 Å². The molecule has 16 heavy (non-hydrogen) atoms. The lowest BCUT2D eigenvalue weighted by atomic mass is 9.67. The molecule has 1 N–H and O–H groups in total. The first kappa shape index (κ1) is 12.4. The number of hydrogen-bond donors (Lipinski definition) is 1. The third-order valence-corrected chi connectivity index (χ3v) is 4.94. The lowest BCUT2D eigenvalue weighted by Crippen LogP contribution is -2.45. The maximum absolute atomic E-state index is 5.42. The molecule has 2 aliphatic rings. The second-order valence-corrected chi connectivity index (χ2v) is 5.83. The molecule has 2 heteroatoms. The molecule has 1 saturated heterocycles. The van der Waals surface area contributed by atoms with E-state index in [2.05, 4.69) is 19.2 Å². The van der Waals surface area contributed by atoms with Crippen molar-refractivity contribution >= 4 is 0 Å². The van der Waals surface area contributed by atoms with E-state index in [1.807, 2.05) is 0 Å². The normalized spacial score (nSPS) is 27.4. The van der Waals surface area contributed by atoms with Crippen molar-refractivity contribution < 1.29 is 4.74 Å². The van der Waals surface area contributed by atoms with Gasteiger partial charge in [0.2, 0.25) is 0 Å². The maximum atomic E-state index is 5.42. The minimum absolute atomic E-state index is 0.652. The highest BCUT2D eigenvalue weighted by Crippen LogP contribution is 2.43. The van der Waals surface area contributed by atoms with Gasteiger partial charge in [0.15, 0.2) is 0 Å². The zero-order valence-corrected chi connectivity index (χ0v) is 10.9. The molecule has 2 nitrogen and oxygen atoms in total. The van der Waals surface area contributed by atoms with Crippen molar-refractivity contribution in [2.75, 3.05) is 19.8 Å². The summed E-state index contributed by atoms with van der Waals surface area (Å²) in [5.41, 5.74) is 0.652. The van der Waals surface area contributed by atoms with Crippen molar-refractivity contribution in [3.63, 3.8) is 0 Å². The summed E-state index contributed by atoms with van der Waals surface area (Å²) in [5.74, 6) is 0.836.